The number of hydrogen-bond acceptors (Lipinski definition) is 1. The lowest BCUT2D eigenvalue weighted by molar-refractivity contribution is 0.469. The zero-order chi connectivity index (χ0) is 10.6. The topological polar surface area (TPSA) is 13.1 Å². The fraction of sp³-hybridized carbons (Fsp3) is 0.667. The van der Waals surface area contributed by atoms with E-state index in [0.717, 1.165) is 5.76 Å². The van der Waals surface area contributed by atoms with E-state index in [2.05, 4.69) is 34.6 Å². The molecule has 0 bridgehead atoms. The lowest BCUT2D eigenvalue weighted by Crippen LogP contribution is -1.93. The van der Waals surface area contributed by atoms with E-state index in [4.69, 9.17) is 4.42 Å². The van der Waals surface area contributed by atoms with Crippen LogP contribution in [0.3, 0.4) is 0 Å². The summed E-state index contributed by atoms with van der Waals surface area (Å²) in [4.78, 5) is 0. The Labute approximate surface area is 82.2 Å². The van der Waals surface area contributed by atoms with Gasteiger partial charge in [-0.3, -0.25) is 0 Å². The average molecular weight is 182 g/mol. The monoisotopic (exact) mass is 182 g/mol. The second-order valence-electron chi connectivity index (χ2n) is 5.10. The summed E-state index contributed by atoms with van der Waals surface area (Å²) in [6, 6.07) is 0. The number of rotatable bonds is 0. The molecule has 1 heterocycles. The molecular weight excluding hydrogens is 160 g/mol. The smallest absolute Gasteiger partial charge is 0.103 e. The first kappa shape index (κ1) is 12.3. The lowest BCUT2D eigenvalue weighted by atomic mass is 10.0. The molecule has 0 aliphatic carbocycles. The van der Waals surface area contributed by atoms with Crippen LogP contribution in [0.4, 0.5) is 0 Å². The number of aryl methyl sites for hydroxylation is 2. The molecule has 1 rings (SSSR count). The SMILES string of the molecule is CC(C)(C)C.Cc1coc(C)c1C. The van der Waals surface area contributed by atoms with Gasteiger partial charge in [-0.15, -0.1) is 0 Å². The van der Waals surface area contributed by atoms with Gasteiger partial charge in [-0.25, -0.2) is 0 Å². The predicted molar refractivity (Wildman–Crippen MR) is 58.0 cm³/mol. The lowest BCUT2D eigenvalue weighted by Gasteiger charge is -2.05. The van der Waals surface area contributed by atoms with Crippen molar-refractivity contribution in [1.82, 2.24) is 0 Å². The highest BCUT2D eigenvalue weighted by Crippen LogP contribution is 2.12. The van der Waals surface area contributed by atoms with Crippen LogP contribution in [0, 0.1) is 26.2 Å². The van der Waals surface area contributed by atoms with Crippen LogP contribution in [0.2, 0.25) is 0 Å². The molecule has 0 spiro atoms. The fourth-order valence-corrected chi connectivity index (χ4v) is 0.631. The van der Waals surface area contributed by atoms with Gasteiger partial charge in [0.05, 0.1) is 6.26 Å². The van der Waals surface area contributed by atoms with Crippen molar-refractivity contribution in [3.05, 3.63) is 23.2 Å². The highest BCUT2D eigenvalue weighted by Gasteiger charge is 1.97. The summed E-state index contributed by atoms with van der Waals surface area (Å²) < 4.78 is 5.09. The number of hydrogen-bond donors (Lipinski definition) is 0. The average Bonchev–Trinajstić information content (AvgIpc) is 2.16. The quantitative estimate of drug-likeness (QED) is 0.584. The molecule has 0 radical (unpaired) electrons. The van der Waals surface area contributed by atoms with Crippen molar-refractivity contribution >= 4 is 0 Å². The van der Waals surface area contributed by atoms with Crippen molar-refractivity contribution in [2.24, 2.45) is 5.41 Å². The van der Waals surface area contributed by atoms with Gasteiger partial charge in [0.2, 0.25) is 0 Å². The highest BCUT2D eigenvalue weighted by molar-refractivity contribution is 5.23. The molecule has 0 aliphatic heterocycles. The molecule has 0 aliphatic rings. The van der Waals surface area contributed by atoms with Crippen molar-refractivity contribution in [3.8, 4) is 0 Å². The molecule has 0 saturated heterocycles. The Morgan fingerprint density at radius 2 is 1.38 bits per heavy atom. The Kier molecular flexibility index (Phi) is 4.25. The zero-order valence-corrected chi connectivity index (χ0v) is 9.99. The van der Waals surface area contributed by atoms with E-state index in [1.807, 2.05) is 13.8 Å². The Hall–Kier alpha value is -0.720. The van der Waals surface area contributed by atoms with Crippen molar-refractivity contribution < 1.29 is 4.42 Å². The molecular formula is C12H22O. The summed E-state index contributed by atoms with van der Waals surface area (Å²) in [6.45, 7) is 14.8. The normalized spacial score (nSPS) is 10.7. The van der Waals surface area contributed by atoms with Crippen molar-refractivity contribution in [2.45, 2.75) is 48.5 Å². The third-order valence-electron chi connectivity index (χ3n) is 1.53. The molecule has 0 N–H and O–H groups in total. The molecule has 0 unspecified atom stereocenters. The molecule has 1 nitrogen and oxygen atoms in total. The molecule has 1 aromatic heterocycles. The van der Waals surface area contributed by atoms with Crippen LogP contribution >= 0.6 is 0 Å². The van der Waals surface area contributed by atoms with E-state index in [1.165, 1.54) is 11.1 Å². The Morgan fingerprint density at radius 3 is 1.46 bits per heavy atom. The highest BCUT2D eigenvalue weighted by atomic mass is 16.3. The largest absolute Gasteiger partial charge is 0.469 e. The minimum absolute atomic E-state index is 0.500. The maximum absolute atomic E-state index is 5.09. The molecule has 76 valence electrons. The van der Waals surface area contributed by atoms with Gasteiger partial charge in [-0.2, -0.15) is 0 Å². The van der Waals surface area contributed by atoms with Crippen molar-refractivity contribution in [3.63, 3.8) is 0 Å². The summed E-state index contributed by atoms with van der Waals surface area (Å²) in [5.41, 5.74) is 3.01. The van der Waals surface area contributed by atoms with Gasteiger partial charge in [0.1, 0.15) is 5.76 Å². The van der Waals surface area contributed by atoms with E-state index in [-0.39, 0.29) is 0 Å². The maximum Gasteiger partial charge on any atom is 0.103 e. The van der Waals surface area contributed by atoms with Crippen LogP contribution in [-0.4, -0.2) is 0 Å². The van der Waals surface area contributed by atoms with E-state index < -0.39 is 0 Å². The van der Waals surface area contributed by atoms with E-state index in [1.54, 1.807) is 6.26 Å². The first-order valence-corrected chi connectivity index (χ1v) is 4.73. The molecule has 0 amide bonds. The Bertz CT molecular complexity index is 225. The fourth-order valence-electron chi connectivity index (χ4n) is 0.631. The van der Waals surface area contributed by atoms with Crippen molar-refractivity contribution in [1.29, 1.82) is 0 Å². The summed E-state index contributed by atoms with van der Waals surface area (Å²) >= 11 is 0. The van der Waals surface area contributed by atoms with Crippen LogP contribution in [-0.2, 0) is 0 Å². The first-order valence-electron chi connectivity index (χ1n) is 4.73. The van der Waals surface area contributed by atoms with Gasteiger partial charge in [0, 0.05) is 0 Å². The predicted octanol–water partition coefficient (Wildman–Crippen LogP) is 4.26. The summed E-state index contributed by atoms with van der Waals surface area (Å²) in [5, 5.41) is 0. The Morgan fingerprint density at radius 1 is 1.00 bits per heavy atom. The Balaban J connectivity index is 0.000000252. The minimum atomic E-state index is 0.500. The zero-order valence-electron chi connectivity index (χ0n) is 9.99. The minimum Gasteiger partial charge on any atom is -0.469 e. The standard InChI is InChI=1S/C7H10O.C5H12/c1-5-4-8-7(3)6(5)2;1-5(2,3)4/h4H,1-3H3;1-4H3. The van der Waals surface area contributed by atoms with Gasteiger partial charge in [-0.1, -0.05) is 27.7 Å². The van der Waals surface area contributed by atoms with Crippen LogP contribution in [0.25, 0.3) is 0 Å². The third kappa shape index (κ3) is 6.44. The molecule has 1 aromatic rings. The van der Waals surface area contributed by atoms with Crippen LogP contribution in [0.5, 0.6) is 0 Å². The van der Waals surface area contributed by atoms with Crippen LogP contribution < -0.4 is 0 Å². The van der Waals surface area contributed by atoms with E-state index in [9.17, 15) is 0 Å². The van der Waals surface area contributed by atoms with Gasteiger partial charge >= 0.3 is 0 Å². The van der Waals surface area contributed by atoms with E-state index in [0.29, 0.717) is 5.41 Å². The van der Waals surface area contributed by atoms with Gasteiger partial charge in [0.15, 0.2) is 0 Å². The molecule has 0 saturated carbocycles. The molecule has 0 aromatic carbocycles. The van der Waals surface area contributed by atoms with Gasteiger partial charge in [0.25, 0.3) is 0 Å². The second-order valence-corrected chi connectivity index (χ2v) is 5.10. The summed E-state index contributed by atoms with van der Waals surface area (Å²) in [7, 11) is 0. The second kappa shape index (κ2) is 4.50. The van der Waals surface area contributed by atoms with Gasteiger partial charge < -0.3 is 4.42 Å². The van der Waals surface area contributed by atoms with Crippen LogP contribution in [0.15, 0.2) is 10.7 Å². The summed E-state index contributed by atoms with van der Waals surface area (Å²) in [6.07, 6.45) is 1.78. The van der Waals surface area contributed by atoms with Gasteiger partial charge in [-0.05, 0) is 37.3 Å². The molecule has 0 fully saturated rings. The first-order chi connectivity index (χ1) is 5.72. The third-order valence-corrected chi connectivity index (χ3v) is 1.53. The molecule has 13 heavy (non-hydrogen) atoms. The molecule has 0 atom stereocenters. The van der Waals surface area contributed by atoms with E-state index >= 15 is 0 Å². The van der Waals surface area contributed by atoms with Crippen molar-refractivity contribution in [2.75, 3.05) is 0 Å². The maximum atomic E-state index is 5.09. The van der Waals surface area contributed by atoms with Crippen LogP contribution in [0.1, 0.15) is 44.6 Å². The number of furan rings is 1. The molecule has 1 heteroatoms. The summed E-state index contributed by atoms with van der Waals surface area (Å²) in [5.74, 6) is 1.03.